The van der Waals surface area contributed by atoms with Crippen LogP contribution in [0.2, 0.25) is 0 Å². The number of pyridine rings is 1. The minimum atomic E-state index is -0.0484. The van der Waals surface area contributed by atoms with Crippen molar-refractivity contribution >= 4 is 5.91 Å². The highest BCUT2D eigenvalue weighted by atomic mass is 16.5. The van der Waals surface area contributed by atoms with Crippen molar-refractivity contribution in [1.82, 2.24) is 24.6 Å². The fourth-order valence-corrected chi connectivity index (χ4v) is 3.00. The van der Waals surface area contributed by atoms with Gasteiger partial charge < -0.3 is 9.64 Å². The van der Waals surface area contributed by atoms with Crippen molar-refractivity contribution in [3.05, 3.63) is 47.5 Å². The lowest BCUT2D eigenvalue weighted by Gasteiger charge is -2.30. The molecule has 7 nitrogen and oxygen atoms in total. The topological polar surface area (TPSA) is 63.5 Å². The first kappa shape index (κ1) is 17.6. The second kappa shape index (κ2) is 8.22. The Kier molecular flexibility index (Phi) is 5.78. The summed E-state index contributed by atoms with van der Waals surface area (Å²) in [4.78, 5) is 21.3. The molecule has 0 aromatic carbocycles. The Morgan fingerprint density at radius 2 is 2.12 bits per heavy atom. The van der Waals surface area contributed by atoms with Gasteiger partial charge >= 0.3 is 0 Å². The van der Waals surface area contributed by atoms with Gasteiger partial charge in [0.15, 0.2) is 0 Å². The first-order valence-electron chi connectivity index (χ1n) is 8.63. The van der Waals surface area contributed by atoms with Crippen molar-refractivity contribution in [3.63, 3.8) is 0 Å². The molecule has 0 N–H and O–H groups in total. The molecule has 1 fully saturated rings. The minimum absolute atomic E-state index is 0.0484. The Bertz CT molecular complexity index is 695. The zero-order valence-corrected chi connectivity index (χ0v) is 14.9. The van der Waals surface area contributed by atoms with E-state index in [4.69, 9.17) is 4.74 Å². The fourth-order valence-electron chi connectivity index (χ4n) is 3.00. The molecule has 25 heavy (non-hydrogen) atoms. The van der Waals surface area contributed by atoms with E-state index in [1.807, 2.05) is 41.8 Å². The van der Waals surface area contributed by atoms with Crippen LogP contribution in [0.5, 0.6) is 0 Å². The number of carbonyl (C=O) groups excluding carboxylic acids is 1. The molecule has 3 heterocycles. The van der Waals surface area contributed by atoms with Crippen molar-refractivity contribution in [1.29, 1.82) is 0 Å². The average Bonchev–Trinajstić information content (AvgIpc) is 2.96. The highest BCUT2D eigenvalue weighted by Crippen LogP contribution is 2.10. The van der Waals surface area contributed by atoms with Gasteiger partial charge in [-0.1, -0.05) is 6.07 Å². The standard InChI is InChI=1S/C18H25N5O2/c1-15-13-16(21(2)20-15)14-23(8-7-22-9-11-25-12-10-22)18(24)17-5-3-4-6-19-17/h3-6,13H,7-12,14H2,1-2H3. The summed E-state index contributed by atoms with van der Waals surface area (Å²) in [6.07, 6.45) is 1.65. The Labute approximate surface area is 148 Å². The normalized spacial score (nSPS) is 15.3. The molecule has 0 bridgehead atoms. The van der Waals surface area contributed by atoms with Crippen LogP contribution in [-0.4, -0.2) is 69.9 Å². The van der Waals surface area contributed by atoms with Crippen LogP contribution < -0.4 is 0 Å². The number of aryl methyl sites for hydroxylation is 2. The summed E-state index contributed by atoms with van der Waals surface area (Å²) >= 11 is 0. The third-order valence-electron chi connectivity index (χ3n) is 4.41. The van der Waals surface area contributed by atoms with Gasteiger partial charge in [-0.15, -0.1) is 0 Å². The smallest absolute Gasteiger partial charge is 0.272 e. The van der Waals surface area contributed by atoms with Crippen LogP contribution in [0.15, 0.2) is 30.5 Å². The van der Waals surface area contributed by atoms with Gasteiger partial charge in [0.05, 0.1) is 31.1 Å². The van der Waals surface area contributed by atoms with Gasteiger partial charge in [0.25, 0.3) is 5.91 Å². The molecule has 1 aliphatic rings. The maximum absolute atomic E-state index is 12.9. The molecule has 1 amide bonds. The van der Waals surface area contributed by atoms with Crippen molar-refractivity contribution < 1.29 is 9.53 Å². The molecule has 0 unspecified atom stereocenters. The van der Waals surface area contributed by atoms with Crippen LogP contribution in [0.3, 0.4) is 0 Å². The summed E-state index contributed by atoms with van der Waals surface area (Å²) in [5.74, 6) is -0.0484. The van der Waals surface area contributed by atoms with Crippen LogP contribution in [0.1, 0.15) is 21.9 Å². The molecule has 0 saturated carbocycles. The first-order chi connectivity index (χ1) is 12.1. The van der Waals surface area contributed by atoms with Gasteiger partial charge in [0.1, 0.15) is 5.69 Å². The molecule has 0 atom stereocenters. The van der Waals surface area contributed by atoms with Crippen molar-refractivity contribution in [3.8, 4) is 0 Å². The summed E-state index contributed by atoms with van der Waals surface area (Å²) in [5.41, 5.74) is 2.45. The fraction of sp³-hybridized carbons (Fsp3) is 0.500. The van der Waals surface area contributed by atoms with E-state index >= 15 is 0 Å². The quantitative estimate of drug-likeness (QED) is 0.786. The van der Waals surface area contributed by atoms with Crippen LogP contribution >= 0.6 is 0 Å². The molecule has 2 aromatic rings. The third kappa shape index (κ3) is 4.64. The van der Waals surface area contributed by atoms with Crippen LogP contribution in [0.4, 0.5) is 0 Å². The van der Waals surface area contributed by atoms with Gasteiger partial charge in [0.2, 0.25) is 0 Å². The number of rotatable bonds is 6. The number of morpholine rings is 1. The molecular weight excluding hydrogens is 318 g/mol. The van der Waals surface area contributed by atoms with Gasteiger partial charge in [-0.2, -0.15) is 5.10 Å². The van der Waals surface area contributed by atoms with E-state index in [2.05, 4.69) is 15.0 Å². The van der Waals surface area contributed by atoms with Gasteiger partial charge in [-0.25, -0.2) is 0 Å². The lowest BCUT2D eigenvalue weighted by atomic mass is 10.2. The van der Waals surface area contributed by atoms with E-state index < -0.39 is 0 Å². The Hall–Kier alpha value is -2.25. The molecule has 0 aliphatic carbocycles. The molecule has 134 valence electrons. The molecule has 0 radical (unpaired) electrons. The molecule has 7 heteroatoms. The minimum Gasteiger partial charge on any atom is -0.379 e. The Morgan fingerprint density at radius 3 is 2.76 bits per heavy atom. The zero-order chi connectivity index (χ0) is 17.6. The number of nitrogens with zero attached hydrogens (tertiary/aromatic N) is 5. The number of hydrogen-bond acceptors (Lipinski definition) is 5. The lowest BCUT2D eigenvalue weighted by molar-refractivity contribution is 0.0318. The van der Waals surface area contributed by atoms with Gasteiger partial charge in [-0.3, -0.25) is 19.4 Å². The largest absolute Gasteiger partial charge is 0.379 e. The lowest BCUT2D eigenvalue weighted by Crippen LogP contribution is -2.43. The van der Waals surface area contributed by atoms with Crippen LogP contribution in [0.25, 0.3) is 0 Å². The van der Waals surface area contributed by atoms with E-state index in [1.165, 1.54) is 0 Å². The molecule has 1 aliphatic heterocycles. The zero-order valence-electron chi connectivity index (χ0n) is 14.9. The van der Waals surface area contributed by atoms with Crippen molar-refractivity contribution in [2.75, 3.05) is 39.4 Å². The maximum atomic E-state index is 12.9. The second-order valence-electron chi connectivity index (χ2n) is 6.30. The Balaban J connectivity index is 1.72. The summed E-state index contributed by atoms with van der Waals surface area (Å²) in [5, 5.41) is 4.38. The number of ether oxygens (including phenoxy) is 1. The van der Waals surface area contributed by atoms with Gasteiger partial charge in [-0.05, 0) is 25.1 Å². The number of amides is 1. The maximum Gasteiger partial charge on any atom is 0.272 e. The van der Waals surface area contributed by atoms with Crippen molar-refractivity contribution in [2.45, 2.75) is 13.5 Å². The van der Waals surface area contributed by atoms with E-state index in [0.717, 1.165) is 44.2 Å². The highest BCUT2D eigenvalue weighted by Gasteiger charge is 2.20. The van der Waals surface area contributed by atoms with Crippen LogP contribution in [-0.2, 0) is 18.3 Å². The third-order valence-corrected chi connectivity index (χ3v) is 4.41. The number of hydrogen-bond donors (Lipinski definition) is 0. The SMILES string of the molecule is Cc1cc(CN(CCN2CCOCC2)C(=O)c2ccccn2)n(C)n1. The van der Waals surface area contributed by atoms with E-state index in [1.54, 1.807) is 12.3 Å². The molecule has 1 saturated heterocycles. The van der Waals surface area contributed by atoms with E-state index in [-0.39, 0.29) is 5.91 Å². The number of carbonyl (C=O) groups is 1. The summed E-state index contributed by atoms with van der Waals surface area (Å²) in [6.45, 7) is 7.31. The molecular formula is C18H25N5O2. The monoisotopic (exact) mass is 343 g/mol. The predicted octanol–water partition coefficient (Wildman–Crippen LogP) is 1.10. The molecule has 2 aromatic heterocycles. The summed E-state index contributed by atoms with van der Waals surface area (Å²) in [7, 11) is 1.91. The second-order valence-corrected chi connectivity index (χ2v) is 6.30. The predicted molar refractivity (Wildman–Crippen MR) is 94.2 cm³/mol. The summed E-state index contributed by atoms with van der Waals surface area (Å²) in [6, 6.07) is 7.44. The first-order valence-corrected chi connectivity index (χ1v) is 8.63. The average molecular weight is 343 g/mol. The summed E-state index contributed by atoms with van der Waals surface area (Å²) < 4.78 is 7.23. The Morgan fingerprint density at radius 1 is 1.32 bits per heavy atom. The van der Waals surface area contributed by atoms with Gasteiger partial charge in [0, 0.05) is 39.4 Å². The number of aromatic nitrogens is 3. The molecule has 3 rings (SSSR count). The van der Waals surface area contributed by atoms with Crippen LogP contribution in [0, 0.1) is 6.92 Å². The van der Waals surface area contributed by atoms with E-state index in [0.29, 0.717) is 18.8 Å². The van der Waals surface area contributed by atoms with E-state index in [9.17, 15) is 4.79 Å². The molecule has 0 spiro atoms. The van der Waals surface area contributed by atoms with Crippen molar-refractivity contribution in [2.24, 2.45) is 7.05 Å². The highest BCUT2D eigenvalue weighted by molar-refractivity contribution is 5.92.